The summed E-state index contributed by atoms with van der Waals surface area (Å²) in [5, 5.41) is 11.8. The molecule has 5 nitrogen and oxygen atoms in total. The molecule has 0 aliphatic carbocycles. The average Bonchev–Trinajstić information content (AvgIpc) is 2.50. The van der Waals surface area contributed by atoms with Crippen LogP contribution in [0.15, 0.2) is 41.6 Å². The first-order valence-corrected chi connectivity index (χ1v) is 6.15. The van der Waals surface area contributed by atoms with E-state index in [1.165, 1.54) is 19.2 Å². The predicted octanol–water partition coefficient (Wildman–Crippen LogP) is 3.03. The fourth-order valence-electron chi connectivity index (χ4n) is 1.79. The highest BCUT2D eigenvalue weighted by molar-refractivity contribution is 5.99. The van der Waals surface area contributed by atoms with Crippen molar-refractivity contribution in [3.05, 3.63) is 53.3 Å². The highest BCUT2D eigenvalue weighted by Gasteiger charge is 2.12. The molecular formula is C15H15FN2O3. The van der Waals surface area contributed by atoms with Gasteiger partial charge in [0.1, 0.15) is 23.1 Å². The van der Waals surface area contributed by atoms with Crippen LogP contribution in [0.3, 0.4) is 0 Å². The van der Waals surface area contributed by atoms with Gasteiger partial charge in [-0.15, -0.1) is 0 Å². The molecule has 0 radical (unpaired) electrons. The van der Waals surface area contributed by atoms with Gasteiger partial charge in [-0.1, -0.05) is 5.16 Å². The standard InChI is InChI=1S/C15H15FN2O3/c1-9-7-11(4-6-13(9)16)21-14-8-10(20-2)3-5-12(14)15(17)18-19/h3-8,19H,1-2H3,(H2,17,18). The van der Waals surface area contributed by atoms with Gasteiger partial charge in [0.25, 0.3) is 0 Å². The number of hydrogen-bond acceptors (Lipinski definition) is 4. The van der Waals surface area contributed by atoms with Crippen molar-refractivity contribution < 1.29 is 19.1 Å². The summed E-state index contributed by atoms with van der Waals surface area (Å²) in [5.74, 6) is 0.930. The molecule has 110 valence electrons. The largest absolute Gasteiger partial charge is 0.497 e. The van der Waals surface area contributed by atoms with Crippen molar-refractivity contribution in [3.63, 3.8) is 0 Å². The van der Waals surface area contributed by atoms with Crippen LogP contribution in [-0.2, 0) is 0 Å². The molecule has 0 heterocycles. The SMILES string of the molecule is COc1ccc(/C(N)=N/O)c(Oc2ccc(F)c(C)c2)c1. The van der Waals surface area contributed by atoms with Gasteiger partial charge in [0.15, 0.2) is 5.84 Å². The van der Waals surface area contributed by atoms with E-state index in [-0.39, 0.29) is 11.7 Å². The number of ether oxygens (including phenoxy) is 2. The molecule has 3 N–H and O–H groups in total. The molecule has 0 saturated carbocycles. The smallest absolute Gasteiger partial charge is 0.173 e. The Morgan fingerprint density at radius 3 is 2.52 bits per heavy atom. The van der Waals surface area contributed by atoms with E-state index in [9.17, 15) is 4.39 Å². The van der Waals surface area contributed by atoms with E-state index in [1.807, 2.05) is 0 Å². The molecule has 0 fully saturated rings. The van der Waals surface area contributed by atoms with E-state index in [2.05, 4.69) is 5.16 Å². The lowest BCUT2D eigenvalue weighted by Gasteiger charge is -2.12. The van der Waals surface area contributed by atoms with Crippen molar-refractivity contribution in [1.29, 1.82) is 0 Å². The number of rotatable bonds is 4. The molecule has 2 aromatic carbocycles. The van der Waals surface area contributed by atoms with Crippen molar-refractivity contribution >= 4 is 5.84 Å². The number of nitrogens with two attached hydrogens (primary N) is 1. The summed E-state index contributed by atoms with van der Waals surface area (Å²) in [7, 11) is 1.52. The third kappa shape index (κ3) is 3.22. The Bertz CT molecular complexity index is 687. The molecule has 21 heavy (non-hydrogen) atoms. The fraction of sp³-hybridized carbons (Fsp3) is 0.133. The summed E-state index contributed by atoms with van der Waals surface area (Å²) in [6, 6.07) is 9.25. The van der Waals surface area contributed by atoms with Crippen LogP contribution in [0, 0.1) is 12.7 Å². The van der Waals surface area contributed by atoms with Gasteiger partial charge in [-0.05, 0) is 42.8 Å². The maximum Gasteiger partial charge on any atom is 0.173 e. The third-order valence-electron chi connectivity index (χ3n) is 2.93. The molecule has 0 amide bonds. The van der Waals surface area contributed by atoms with Gasteiger partial charge < -0.3 is 20.4 Å². The monoisotopic (exact) mass is 290 g/mol. The van der Waals surface area contributed by atoms with Crippen LogP contribution < -0.4 is 15.2 Å². The number of methoxy groups -OCH3 is 1. The Morgan fingerprint density at radius 2 is 1.90 bits per heavy atom. The lowest BCUT2D eigenvalue weighted by atomic mass is 10.1. The first-order chi connectivity index (χ1) is 10.0. The molecule has 0 spiro atoms. The summed E-state index contributed by atoms with van der Waals surface area (Å²) < 4.78 is 24.1. The van der Waals surface area contributed by atoms with Crippen LogP contribution in [0.25, 0.3) is 0 Å². The third-order valence-corrected chi connectivity index (χ3v) is 2.93. The van der Waals surface area contributed by atoms with Crippen molar-refractivity contribution in [2.45, 2.75) is 6.92 Å². The maximum atomic E-state index is 13.3. The molecule has 0 bridgehead atoms. The average molecular weight is 290 g/mol. The minimum Gasteiger partial charge on any atom is -0.497 e. The van der Waals surface area contributed by atoms with Crippen molar-refractivity contribution in [2.75, 3.05) is 7.11 Å². The van der Waals surface area contributed by atoms with E-state index in [4.69, 9.17) is 20.4 Å². The van der Waals surface area contributed by atoms with Gasteiger partial charge in [0.05, 0.1) is 12.7 Å². The second-order valence-electron chi connectivity index (χ2n) is 4.36. The number of aryl methyl sites for hydroxylation is 1. The number of benzene rings is 2. The Hall–Kier alpha value is -2.76. The summed E-state index contributed by atoms with van der Waals surface area (Å²) in [5.41, 5.74) is 6.48. The van der Waals surface area contributed by atoms with Crippen molar-refractivity contribution in [3.8, 4) is 17.2 Å². The molecule has 0 aliphatic heterocycles. The first kappa shape index (κ1) is 14.6. The minimum atomic E-state index is -0.315. The zero-order valence-corrected chi connectivity index (χ0v) is 11.6. The van der Waals surface area contributed by atoms with E-state index >= 15 is 0 Å². The van der Waals surface area contributed by atoms with Crippen LogP contribution in [0.4, 0.5) is 4.39 Å². The Balaban J connectivity index is 2.43. The van der Waals surface area contributed by atoms with E-state index in [0.717, 1.165) is 0 Å². The number of amidine groups is 1. The van der Waals surface area contributed by atoms with Crippen molar-refractivity contribution in [2.24, 2.45) is 10.9 Å². The van der Waals surface area contributed by atoms with E-state index in [1.54, 1.807) is 31.2 Å². The van der Waals surface area contributed by atoms with E-state index in [0.29, 0.717) is 28.4 Å². The normalized spacial score (nSPS) is 11.3. The zero-order valence-electron chi connectivity index (χ0n) is 11.6. The predicted molar refractivity (Wildman–Crippen MR) is 76.7 cm³/mol. The number of hydrogen-bond donors (Lipinski definition) is 2. The van der Waals surface area contributed by atoms with Crippen LogP contribution in [0.1, 0.15) is 11.1 Å². The lowest BCUT2D eigenvalue weighted by Crippen LogP contribution is -2.14. The Labute approximate surface area is 121 Å². The number of nitrogens with zero attached hydrogens (tertiary/aromatic N) is 1. The first-order valence-electron chi connectivity index (χ1n) is 6.15. The van der Waals surface area contributed by atoms with Gasteiger partial charge in [0, 0.05) is 6.07 Å². The Kier molecular flexibility index (Phi) is 4.27. The zero-order chi connectivity index (χ0) is 15.4. The molecule has 0 aromatic heterocycles. The highest BCUT2D eigenvalue weighted by atomic mass is 19.1. The molecular weight excluding hydrogens is 275 g/mol. The summed E-state index contributed by atoms with van der Waals surface area (Å²) in [6.45, 7) is 1.64. The molecule has 0 atom stereocenters. The lowest BCUT2D eigenvalue weighted by molar-refractivity contribution is 0.318. The molecule has 0 aliphatic rings. The topological polar surface area (TPSA) is 77.1 Å². The van der Waals surface area contributed by atoms with Crippen LogP contribution in [0.5, 0.6) is 17.2 Å². The molecule has 0 unspecified atom stereocenters. The van der Waals surface area contributed by atoms with E-state index < -0.39 is 0 Å². The highest BCUT2D eigenvalue weighted by Crippen LogP contribution is 2.30. The van der Waals surface area contributed by atoms with Crippen LogP contribution >= 0.6 is 0 Å². The van der Waals surface area contributed by atoms with Gasteiger partial charge in [-0.3, -0.25) is 0 Å². The van der Waals surface area contributed by atoms with Gasteiger partial charge in [0.2, 0.25) is 0 Å². The summed E-state index contributed by atoms with van der Waals surface area (Å²) in [4.78, 5) is 0. The number of halogens is 1. The fourth-order valence-corrected chi connectivity index (χ4v) is 1.79. The van der Waals surface area contributed by atoms with Gasteiger partial charge in [-0.25, -0.2) is 4.39 Å². The summed E-state index contributed by atoms with van der Waals surface area (Å²) >= 11 is 0. The molecule has 2 rings (SSSR count). The van der Waals surface area contributed by atoms with Crippen LogP contribution in [-0.4, -0.2) is 18.2 Å². The second kappa shape index (κ2) is 6.13. The minimum absolute atomic E-state index is 0.0912. The van der Waals surface area contributed by atoms with Gasteiger partial charge in [-0.2, -0.15) is 0 Å². The second-order valence-corrected chi connectivity index (χ2v) is 4.36. The Morgan fingerprint density at radius 1 is 1.19 bits per heavy atom. The molecule has 6 heteroatoms. The van der Waals surface area contributed by atoms with Gasteiger partial charge >= 0.3 is 0 Å². The number of oxime groups is 1. The quantitative estimate of drug-likeness (QED) is 0.393. The van der Waals surface area contributed by atoms with Crippen LogP contribution in [0.2, 0.25) is 0 Å². The molecule has 2 aromatic rings. The molecule has 0 saturated heterocycles. The van der Waals surface area contributed by atoms with Crippen molar-refractivity contribution in [1.82, 2.24) is 0 Å². The maximum absolute atomic E-state index is 13.3. The summed E-state index contributed by atoms with van der Waals surface area (Å²) in [6.07, 6.45) is 0.